The van der Waals surface area contributed by atoms with Gasteiger partial charge in [-0.1, -0.05) is 0 Å². The van der Waals surface area contributed by atoms with Crippen molar-refractivity contribution in [2.45, 2.75) is 19.5 Å². The number of rotatable bonds is 4. The Morgan fingerprint density at radius 1 is 1.73 bits per heavy atom. The van der Waals surface area contributed by atoms with Crippen LogP contribution in [-0.4, -0.2) is 28.0 Å². The van der Waals surface area contributed by atoms with E-state index in [1.54, 1.807) is 5.38 Å². The van der Waals surface area contributed by atoms with Crippen LogP contribution in [0.4, 0.5) is 0 Å². The van der Waals surface area contributed by atoms with Gasteiger partial charge in [-0.15, -0.1) is 11.3 Å². The number of aromatic nitrogens is 1. The molecule has 15 heavy (non-hydrogen) atoms. The molecule has 0 saturated heterocycles. The number of hydrogen-bond donors (Lipinski definition) is 3. The van der Waals surface area contributed by atoms with E-state index in [-0.39, 0.29) is 12.2 Å². The molecule has 1 heterocycles. The van der Waals surface area contributed by atoms with E-state index in [2.05, 4.69) is 10.3 Å². The van der Waals surface area contributed by atoms with Crippen LogP contribution in [0.25, 0.3) is 0 Å². The van der Waals surface area contributed by atoms with Gasteiger partial charge in [0.2, 0.25) is 0 Å². The number of nitrogens with two attached hydrogens (primary N) is 1. The first kappa shape index (κ1) is 11.6. The number of aliphatic carboxylic acids is 1. The summed E-state index contributed by atoms with van der Waals surface area (Å²) < 4.78 is 0. The SMILES string of the molecule is CC(NC(=O)c1csc(CN)n1)C(=O)O. The van der Waals surface area contributed by atoms with Crippen LogP contribution >= 0.6 is 11.3 Å². The van der Waals surface area contributed by atoms with Crippen LogP contribution < -0.4 is 11.1 Å². The molecule has 1 aromatic heterocycles. The Morgan fingerprint density at radius 2 is 2.40 bits per heavy atom. The van der Waals surface area contributed by atoms with Crippen molar-refractivity contribution in [2.75, 3.05) is 0 Å². The molecular formula is C8H11N3O3S. The zero-order valence-electron chi connectivity index (χ0n) is 8.06. The van der Waals surface area contributed by atoms with E-state index >= 15 is 0 Å². The lowest BCUT2D eigenvalue weighted by Gasteiger charge is -2.06. The molecule has 1 unspecified atom stereocenters. The predicted octanol–water partition coefficient (Wildman–Crippen LogP) is -0.195. The number of carbonyl (C=O) groups is 2. The van der Waals surface area contributed by atoms with Crippen LogP contribution in [0.5, 0.6) is 0 Å². The summed E-state index contributed by atoms with van der Waals surface area (Å²) >= 11 is 1.27. The van der Waals surface area contributed by atoms with E-state index in [0.29, 0.717) is 5.01 Å². The molecule has 4 N–H and O–H groups in total. The second kappa shape index (κ2) is 4.85. The second-order valence-electron chi connectivity index (χ2n) is 2.86. The van der Waals surface area contributed by atoms with Gasteiger partial charge in [0.05, 0.1) is 0 Å². The van der Waals surface area contributed by atoms with E-state index in [1.165, 1.54) is 18.3 Å². The zero-order chi connectivity index (χ0) is 11.4. The van der Waals surface area contributed by atoms with Crippen molar-refractivity contribution in [3.8, 4) is 0 Å². The lowest BCUT2D eigenvalue weighted by Crippen LogP contribution is -2.38. The first-order chi connectivity index (χ1) is 7.04. The number of hydrogen-bond acceptors (Lipinski definition) is 5. The Balaban J connectivity index is 2.65. The van der Waals surface area contributed by atoms with Crippen molar-refractivity contribution < 1.29 is 14.7 Å². The maximum absolute atomic E-state index is 11.4. The molecule has 0 radical (unpaired) electrons. The van der Waals surface area contributed by atoms with Gasteiger partial charge in [0, 0.05) is 11.9 Å². The maximum atomic E-state index is 11.4. The predicted molar refractivity (Wildman–Crippen MR) is 54.6 cm³/mol. The number of thiazole rings is 1. The minimum Gasteiger partial charge on any atom is -0.480 e. The summed E-state index contributed by atoms with van der Waals surface area (Å²) in [6.45, 7) is 1.66. The van der Waals surface area contributed by atoms with Crippen LogP contribution in [0.15, 0.2) is 5.38 Å². The molecule has 1 atom stereocenters. The smallest absolute Gasteiger partial charge is 0.325 e. The number of carbonyl (C=O) groups excluding carboxylic acids is 1. The number of amides is 1. The van der Waals surface area contributed by atoms with E-state index < -0.39 is 17.9 Å². The fraction of sp³-hybridized carbons (Fsp3) is 0.375. The largest absolute Gasteiger partial charge is 0.480 e. The molecule has 6 nitrogen and oxygen atoms in total. The monoisotopic (exact) mass is 229 g/mol. The lowest BCUT2D eigenvalue weighted by molar-refractivity contribution is -0.138. The Morgan fingerprint density at radius 3 is 2.87 bits per heavy atom. The van der Waals surface area contributed by atoms with Gasteiger partial charge in [-0.2, -0.15) is 0 Å². The van der Waals surface area contributed by atoms with Gasteiger partial charge < -0.3 is 16.2 Å². The third kappa shape index (κ3) is 3.00. The Hall–Kier alpha value is -1.47. The van der Waals surface area contributed by atoms with E-state index in [1.807, 2.05) is 0 Å². The van der Waals surface area contributed by atoms with Crippen LogP contribution in [0.1, 0.15) is 22.4 Å². The van der Waals surface area contributed by atoms with Gasteiger partial charge in [0.25, 0.3) is 5.91 Å². The standard InChI is InChI=1S/C8H11N3O3S/c1-4(8(13)14)10-7(12)5-3-15-6(2-9)11-5/h3-4H,2,9H2,1H3,(H,10,12)(H,13,14). The molecule has 0 fully saturated rings. The molecule has 0 aromatic carbocycles. The van der Waals surface area contributed by atoms with Crippen LogP contribution in [0.2, 0.25) is 0 Å². The highest BCUT2D eigenvalue weighted by molar-refractivity contribution is 7.09. The molecule has 7 heteroatoms. The van der Waals surface area contributed by atoms with E-state index in [9.17, 15) is 9.59 Å². The number of carboxylic acid groups (broad SMARTS) is 1. The molecule has 82 valence electrons. The minimum absolute atomic E-state index is 0.202. The Labute approximate surface area is 90.1 Å². The van der Waals surface area contributed by atoms with Gasteiger partial charge >= 0.3 is 5.97 Å². The highest BCUT2D eigenvalue weighted by Crippen LogP contribution is 2.08. The summed E-state index contributed by atoms with van der Waals surface area (Å²) in [6.07, 6.45) is 0. The molecule has 1 rings (SSSR count). The molecule has 0 saturated carbocycles. The summed E-state index contributed by atoms with van der Waals surface area (Å²) in [5.41, 5.74) is 5.54. The molecule has 0 aliphatic carbocycles. The third-order valence-corrected chi connectivity index (χ3v) is 2.55. The van der Waals surface area contributed by atoms with Crippen molar-refractivity contribution in [3.05, 3.63) is 16.1 Å². The first-order valence-corrected chi connectivity index (χ1v) is 5.10. The number of carboxylic acids is 1. The van der Waals surface area contributed by atoms with Crippen LogP contribution in [0, 0.1) is 0 Å². The second-order valence-corrected chi connectivity index (χ2v) is 3.81. The van der Waals surface area contributed by atoms with Crippen molar-refractivity contribution >= 4 is 23.2 Å². The highest BCUT2D eigenvalue weighted by Gasteiger charge is 2.17. The fourth-order valence-electron chi connectivity index (χ4n) is 0.841. The normalized spacial score (nSPS) is 12.1. The quantitative estimate of drug-likeness (QED) is 0.663. The Kier molecular flexibility index (Phi) is 3.75. The molecule has 0 aliphatic heterocycles. The number of nitrogens with zero attached hydrogens (tertiary/aromatic N) is 1. The lowest BCUT2D eigenvalue weighted by atomic mass is 10.3. The molecular weight excluding hydrogens is 218 g/mol. The van der Waals surface area contributed by atoms with Crippen molar-refractivity contribution in [1.29, 1.82) is 0 Å². The van der Waals surface area contributed by atoms with E-state index in [4.69, 9.17) is 10.8 Å². The third-order valence-electron chi connectivity index (χ3n) is 1.68. The average molecular weight is 229 g/mol. The van der Waals surface area contributed by atoms with Crippen molar-refractivity contribution in [2.24, 2.45) is 5.73 Å². The highest BCUT2D eigenvalue weighted by atomic mass is 32.1. The molecule has 1 aromatic rings. The van der Waals surface area contributed by atoms with Gasteiger partial charge in [0.1, 0.15) is 16.7 Å². The zero-order valence-corrected chi connectivity index (χ0v) is 8.87. The molecule has 0 spiro atoms. The van der Waals surface area contributed by atoms with E-state index in [0.717, 1.165) is 0 Å². The van der Waals surface area contributed by atoms with Crippen molar-refractivity contribution in [1.82, 2.24) is 10.3 Å². The Bertz CT molecular complexity index is 377. The van der Waals surface area contributed by atoms with Gasteiger partial charge in [-0.25, -0.2) is 4.98 Å². The topological polar surface area (TPSA) is 105 Å². The minimum atomic E-state index is -1.09. The fourth-order valence-corrected chi connectivity index (χ4v) is 1.50. The molecule has 0 bridgehead atoms. The average Bonchev–Trinajstić information content (AvgIpc) is 2.65. The summed E-state index contributed by atoms with van der Waals surface area (Å²) in [4.78, 5) is 25.8. The summed E-state index contributed by atoms with van der Waals surface area (Å²) in [5.74, 6) is -1.58. The van der Waals surface area contributed by atoms with Crippen molar-refractivity contribution in [3.63, 3.8) is 0 Å². The molecule has 1 amide bonds. The summed E-state index contributed by atoms with van der Waals surface area (Å²) in [6, 6.07) is -0.930. The van der Waals surface area contributed by atoms with Gasteiger partial charge in [-0.05, 0) is 6.92 Å². The maximum Gasteiger partial charge on any atom is 0.325 e. The number of nitrogens with one attached hydrogen (secondary N) is 1. The summed E-state index contributed by atoms with van der Waals surface area (Å²) in [5, 5.41) is 13.1. The van der Waals surface area contributed by atoms with Gasteiger partial charge in [0.15, 0.2) is 0 Å². The summed E-state index contributed by atoms with van der Waals surface area (Å²) in [7, 11) is 0. The van der Waals surface area contributed by atoms with Crippen LogP contribution in [-0.2, 0) is 11.3 Å². The van der Waals surface area contributed by atoms with Crippen LogP contribution in [0.3, 0.4) is 0 Å². The van der Waals surface area contributed by atoms with Gasteiger partial charge in [-0.3, -0.25) is 9.59 Å². The first-order valence-electron chi connectivity index (χ1n) is 4.22. The molecule has 0 aliphatic rings.